The average Bonchev–Trinajstić information content (AvgIpc) is 2.27. The molecule has 2 aliphatic heterocycles. The van der Waals surface area contributed by atoms with Crippen molar-refractivity contribution in [2.24, 2.45) is 0 Å². The van der Waals surface area contributed by atoms with Crippen LogP contribution in [0.15, 0.2) is 47.9 Å². The Morgan fingerprint density at radius 2 is 2.36 bits per heavy atom. The second-order valence-electron chi connectivity index (χ2n) is 3.03. The Labute approximate surface area is 81.5 Å². The van der Waals surface area contributed by atoms with Crippen LogP contribution in [0.3, 0.4) is 0 Å². The Balaban J connectivity index is 2.24. The van der Waals surface area contributed by atoms with E-state index in [0.717, 1.165) is 12.2 Å². The molecule has 0 saturated heterocycles. The second-order valence-corrected chi connectivity index (χ2v) is 3.03. The van der Waals surface area contributed by atoms with Gasteiger partial charge in [-0.05, 0) is 18.2 Å². The van der Waals surface area contributed by atoms with Gasteiger partial charge < -0.3 is 4.90 Å². The number of nitrogens with zero attached hydrogens (tertiary/aromatic N) is 1. The van der Waals surface area contributed by atoms with Crippen LogP contribution in [0.25, 0.3) is 0 Å². The van der Waals surface area contributed by atoms with Gasteiger partial charge in [-0.3, -0.25) is 10.0 Å². The predicted molar refractivity (Wildman–Crippen MR) is 51.1 cm³/mol. The van der Waals surface area contributed by atoms with Crippen LogP contribution in [-0.4, -0.2) is 22.6 Å². The Bertz CT molecular complexity index is 378. The van der Waals surface area contributed by atoms with Crippen LogP contribution in [-0.2, 0) is 4.79 Å². The quantitative estimate of drug-likeness (QED) is 0.472. The number of hydrogen-bond acceptors (Lipinski definition) is 3. The van der Waals surface area contributed by atoms with Crippen molar-refractivity contribution in [1.29, 1.82) is 0 Å². The van der Waals surface area contributed by atoms with E-state index >= 15 is 0 Å². The number of hydrogen-bond donors (Lipinski definition) is 2. The largest absolute Gasteiger partial charge is 0.343 e. The third kappa shape index (κ3) is 1.47. The number of hydroxylamine groups is 1. The van der Waals surface area contributed by atoms with Crippen molar-refractivity contribution in [3.8, 4) is 0 Å². The van der Waals surface area contributed by atoms with E-state index in [1.165, 1.54) is 0 Å². The zero-order valence-electron chi connectivity index (χ0n) is 7.47. The Kier molecular flexibility index (Phi) is 2.20. The van der Waals surface area contributed by atoms with Crippen molar-refractivity contribution in [2.45, 2.75) is 0 Å². The number of allylic oxidation sites excluding steroid dienone is 3. The maximum absolute atomic E-state index is 11.1. The smallest absolute Gasteiger partial charge is 0.276 e. The van der Waals surface area contributed by atoms with E-state index in [2.05, 4.69) is 0 Å². The molecule has 0 aromatic rings. The van der Waals surface area contributed by atoms with Gasteiger partial charge in [0.05, 0.1) is 5.57 Å². The molecule has 0 atom stereocenters. The second kappa shape index (κ2) is 3.51. The van der Waals surface area contributed by atoms with Crippen LogP contribution in [0.5, 0.6) is 0 Å². The molecule has 0 radical (unpaired) electrons. The first kappa shape index (κ1) is 8.77. The van der Waals surface area contributed by atoms with Gasteiger partial charge in [-0.25, -0.2) is 5.48 Å². The first-order valence-electron chi connectivity index (χ1n) is 4.29. The maximum Gasteiger partial charge on any atom is 0.276 e. The van der Waals surface area contributed by atoms with E-state index < -0.39 is 5.91 Å². The lowest BCUT2D eigenvalue weighted by Gasteiger charge is -2.25. The molecule has 2 N–H and O–H groups in total. The zero-order valence-corrected chi connectivity index (χ0v) is 7.47. The Hall–Kier alpha value is -1.81. The van der Waals surface area contributed by atoms with Crippen LogP contribution in [0.2, 0.25) is 0 Å². The molecule has 2 heterocycles. The Morgan fingerprint density at radius 1 is 1.50 bits per heavy atom. The molecule has 4 nitrogen and oxygen atoms in total. The molecule has 4 heteroatoms. The highest BCUT2D eigenvalue weighted by molar-refractivity contribution is 5.95. The van der Waals surface area contributed by atoms with E-state index in [9.17, 15) is 4.79 Å². The molecule has 1 amide bonds. The normalized spacial score (nSPS) is 18.5. The van der Waals surface area contributed by atoms with Crippen molar-refractivity contribution in [3.63, 3.8) is 0 Å². The molecule has 0 aromatic carbocycles. The lowest BCUT2D eigenvalue weighted by molar-refractivity contribution is -0.125. The van der Waals surface area contributed by atoms with Crippen molar-refractivity contribution >= 4 is 5.91 Å². The minimum Gasteiger partial charge on any atom is -0.343 e. The molecule has 14 heavy (non-hydrogen) atoms. The van der Waals surface area contributed by atoms with Gasteiger partial charge in [0.25, 0.3) is 5.91 Å². The maximum atomic E-state index is 11.1. The van der Waals surface area contributed by atoms with Gasteiger partial charge in [-0.15, -0.1) is 0 Å². The van der Waals surface area contributed by atoms with Gasteiger partial charge in [-0.1, -0.05) is 12.2 Å². The van der Waals surface area contributed by atoms with Gasteiger partial charge in [0.2, 0.25) is 0 Å². The Morgan fingerprint density at radius 3 is 3.14 bits per heavy atom. The highest BCUT2D eigenvalue weighted by atomic mass is 16.5. The third-order valence-corrected chi connectivity index (χ3v) is 2.13. The minimum atomic E-state index is -0.491. The molecule has 2 aliphatic rings. The molecule has 0 unspecified atom stereocenters. The van der Waals surface area contributed by atoms with E-state index in [-0.39, 0.29) is 0 Å². The van der Waals surface area contributed by atoms with Crippen LogP contribution >= 0.6 is 0 Å². The summed E-state index contributed by atoms with van der Waals surface area (Å²) in [5, 5.41) is 8.46. The van der Waals surface area contributed by atoms with E-state index in [0.29, 0.717) is 5.57 Å². The number of carbonyl (C=O) groups is 1. The summed E-state index contributed by atoms with van der Waals surface area (Å²) in [6.07, 6.45) is 11.2. The molecule has 0 spiro atoms. The number of carbonyl (C=O) groups excluding carboxylic acids is 1. The molecule has 72 valence electrons. The summed E-state index contributed by atoms with van der Waals surface area (Å²) >= 11 is 0. The van der Waals surface area contributed by atoms with Crippen LogP contribution in [0.1, 0.15) is 0 Å². The fraction of sp³-hybridized carbons (Fsp3) is 0.100. The molecule has 0 fully saturated rings. The first-order valence-corrected chi connectivity index (χ1v) is 4.29. The highest BCUT2D eigenvalue weighted by Gasteiger charge is 2.14. The SMILES string of the molecule is O=C(NO)C1=CN2CC=CC=C2C=C1. The fourth-order valence-corrected chi connectivity index (χ4v) is 1.41. The molecule has 2 rings (SSSR count). The van der Waals surface area contributed by atoms with Crippen molar-refractivity contribution in [1.82, 2.24) is 10.4 Å². The summed E-state index contributed by atoms with van der Waals surface area (Å²) in [7, 11) is 0. The zero-order chi connectivity index (χ0) is 9.97. The van der Waals surface area contributed by atoms with E-state index in [4.69, 9.17) is 5.21 Å². The molecule has 0 aliphatic carbocycles. The summed E-state index contributed by atoms with van der Waals surface area (Å²) in [5.41, 5.74) is 3.10. The van der Waals surface area contributed by atoms with Gasteiger partial charge in [0.1, 0.15) is 0 Å². The molecule has 0 saturated carbocycles. The highest BCUT2D eigenvalue weighted by Crippen LogP contribution is 2.19. The van der Waals surface area contributed by atoms with Gasteiger partial charge >= 0.3 is 0 Å². The van der Waals surface area contributed by atoms with Gasteiger partial charge in [-0.2, -0.15) is 0 Å². The molecule has 0 bridgehead atoms. The molecule has 0 aromatic heterocycles. The van der Waals surface area contributed by atoms with Crippen LogP contribution in [0, 0.1) is 0 Å². The van der Waals surface area contributed by atoms with Gasteiger partial charge in [0, 0.05) is 18.4 Å². The number of rotatable bonds is 1. The monoisotopic (exact) mass is 190 g/mol. The van der Waals surface area contributed by atoms with Crippen LogP contribution in [0.4, 0.5) is 0 Å². The van der Waals surface area contributed by atoms with Crippen molar-refractivity contribution in [3.05, 3.63) is 47.9 Å². The third-order valence-electron chi connectivity index (χ3n) is 2.13. The lowest BCUT2D eigenvalue weighted by atomic mass is 10.1. The average molecular weight is 190 g/mol. The molecular weight excluding hydrogens is 180 g/mol. The van der Waals surface area contributed by atoms with Gasteiger partial charge in [0.15, 0.2) is 0 Å². The number of amides is 1. The fourth-order valence-electron chi connectivity index (χ4n) is 1.41. The summed E-state index contributed by atoms with van der Waals surface area (Å²) in [4.78, 5) is 13.0. The summed E-state index contributed by atoms with van der Waals surface area (Å²) in [6.45, 7) is 0.748. The van der Waals surface area contributed by atoms with Crippen molar-refractivity contribution < 1.29 is 10.0 Å². The number of nitrogens with one attached hydrogen (secondary N) is 1. The summed E-state index contributed by atoms with van der Waals surface area (Å²) < 4.78 is 0. The predicted octanol–water partition coefficient (Wildman–Crippen LogP) is 0.701. The van der Waals surface area contributed by atoms with Crippen molar-refractivity contribution in [2.75, 3.05) is 6.54 Å². The minimum absolute atomic E-state index is 0.444. The summed E-state index contributed by atoms with van der Waals surface area (Å²) in [6, 6.07) is 0. The molecular formula is C10H10N2O2. The summed E-state index contributed by atoms with van der Waals surface area (Å²) in [5.74, 6) is -0.491. The first-order chi connectivity index (χ1) is 6.81. The van der Waals surface area contributed by atoms with E-state index in [1.54, 1.807) is 17.8 Å². The topological polar surface area (TPSA) is 52.6 Å². The lowest BCUT2D eigenvalue weighted by Crippen LogP contribution is -2.26. The van der Waals surface area contributed by atoms with E-state index in [1.807, 2.05) is 29.2 Å². The number of fused-ring (bicyclic) bond motifs is 1. The van der Waals surface area contributed by atoms with Crippen LogP contribution < -0.4 is 5.48 Å². The standard InChI is InChI=1S/C10H10N2O2/c13-10(11-14)8-4-5-9-3-1-2-6-12(9)7-8/h1-5,7,14H,6H2,(H,11,13).